The Kier molecular flexibility index (Phi) is 5.55. The summed E-state index contributed by atoms with van der Waals surface area (Å²) in [4.78, 5) is 11.6. The first-order valence-corrected chi connectivity index (χ1v) is 7.20. The lowest BCUT2D eigenvalue weighted by molar-refractivity contribution is -0.123. The van der Waals surface area contributed by atoms with Gasteiger partial charge in [0, 0.05) is 5.02 Å². The highest BCUT2D eigenvalue weighted by molar-refractivity contribution is 6.31. The molecule has 0 saturated carbocycles. The van der Waals surface area contributed by atoms with Gasteiger partial charge in [-0.05, 0) is 43.2 Å². The molecule has 2 aromatic rings. The number of halogens is 1. The Morgan fingerprint density at radius 1 is 1.27 bits per heavy atom. The van der Waals surface area contributed by atoms with Gasteiger partial charge in [0.15, 0.2) is 6.61 Å². The number of nitrogens with zero attached hydrogens (tertiary/aromatic N) is 1. The van der Waals surface area contributed by atoms with Gasteiger partial charge >= 0.3 is 0 Å². The highest BCUT2D eigenvalue weighted by atomic mass is 35.5. The van der Waals surface area contributed by atoms with Crippen molar-refractivity contribution in [2.45, 2.75) is 13.8 Å². The van der Waals surface area contributed by atoms with E-state index in [1.165, 1.54) is 0 Å². The fraction of sp³-hybridized carbons (Fsp3) is 0.176. The number of hydrogen-bond acceptors (Lipinski definition) is 3. The third kappa shape index (κ3) is 4.90. The smallest absolute Gasteiger partial charge is 0.277 e. The van der Waals surface area contributed by atoms with Gasteiger partial charge in [-0.1, -0.05) is 41.4 Å². The average Bonchev–Trinajstić information content (AvgIpc) is 2.48. The molecule has 0 aromatic heterocycles. The van der Waals surface area contributed by atoms with E-state index in [9.17, 15) is 4.79 Å². The molecule has 22 heavy (non-hydrogen) atoms. The number of carbonyl (C=O) groups is 1. The maximum absolute atomic E-state index is 11.6. The van der Waals surface area contributed by atoms with Crippen molar-refractivity contribution in [3.05, 3.63) is 64.2 Å². The summed E-state index contributed by atoms with van der Waals surface area (Å²) in [6.07, 6.45) is 1.59. The number of benzene rings is 2. The second-order valence-electron chi connectivity index (χ2n) is 4.91. The average molecular weight is 317 g/mol. The van der Waals surface area contributed by atoms with Crippen LogP contribution >= 0.6 is 11.6 Å². The molecule has 0 aliphatic heterocycles. The standard InChI is InChI=1S/C17H17ClN2O2/c1-12-4-3-5-14(8-12)10-19-20-17(21)11-22-15-6-7-16(18)13(2)9-15/h3-10H,11H2,1-2H3,(H,20,21)/b19-10+. The molecule has 2 rings (SSSR count). The van der Waals surface area contributed by atoms with E-state index < -0.39 is 0 Å². The summed E-state index contributed by atoms with van der Waals surface area (Å²) in [7, 11) is 0. The van der Waals surface area contributed by atoms with Crippen molar-refractivity contribution < 1.29 is 9.53 Å². The molecule has 1 N–H and O–H groups in total. The van der Waals surface area contributed by atoms with Gasteiger partial charge in [-0.25, -0.2) is 5.43 Å². The molecule has 0 spiro atoms. The lowest BCUT2D eigenvalue weighted by Gasteiger charge is -2.06. The van der Waals surface area contributed by atoms with Crippen LogP contribution in [0.3, 0.4) is 0 Å². The molecule has 0 radical (unpaired) electrons. The lowest BCUT2D eigenvalue weighted by Crippen LogP contribution is -2.24. The molecular formula is C17H17ClN2O2. The number of hydrazone groups is 1. The van der Waals surface area contributed by atoms with E-state index in [4.69, 9.17) is 16.3 Å². The fourth-order valence-corrected chi connectivity index (χ4v) is 1.93. The van der Waals surface area contributed by atoms with E-state index in [0.717, 1.165) is 16.7 Å². The zero-order valence-electron chi connectivity index (χ0n) is 12.5. The molecule has 114 valence electrons. The van der Waals surface area contributed by atoms with Crippen molar-refractivity contribution in [3.8, 4) is 5.75 Å². The molecule has 5 heteroatoms. The van der Waals surface area contributed by atoms with Crippen molar-refractivity contribution >= 4 is 23.7 Å². The van der Waals surface area contributed by atoms with Crippen LogP contribution < -0.4 is 10.2 Å². The summed E-state index contributed by atoms with van der Waals surface area (Å²) in [6, 6.07) is 13.1. The van der Waals surface area contributed by atoms with Crippen molar-refractivity contribution in [1.82, 2.24) is 5.43 Å². The summed E-state index contributed by atoms with van der Waals surface area (Å²) in [6.45, 7) is 3.77. The molecule has 0 aliphatic carbocycles. The van der Waals surface area contributed by atoms with Gasteiger partial charge in [-0.15, -0.1) is 0 Å². The summed E-state index contributed by atoms with van der Waals surface area (Å²) in [5.41, 5.74) is 5.39. The van der Waals surface area contributed by atoms with E-state index in [-0.39, 0.29) is 12.5 Å². The van der Waals surface area contributed by atoms with Crippen molar-refractivity contribution in [3.63, 3.8) is 0 Å². The fourth-order valence-electron chi connectivity index (χ4n) is 1.82. The summed E-state index contributed by atoms with van der Waals surface area (Å²) >= 11 is 5.93. The first kappa shape index (κ1) is 16.0. The van der Waals surface area contributed by atoms with Gasteiger partial charge in [-0.3, -0.25) is 4.79 Å². The van der Waals surface area contributed by atoms with Crippen LogP contribution in [0.5, 0.6) is 5.75 Å². The molecule has 0 atom stereocenters. The number of ether oxygens (including phenoxy) is 1. The Morgan fingerprint density at radius 2 is 2.09 bits per heavy atom. The normalized spacial score (nSPS) is 10.7. The van der Waals surface area contributed by atoms with Crippen LogP contribution in [0, 0.1) is 13.8 Å². The SMILES string of the molecule is Cc1cccc(/C=N/NC(=O)COc2ccc(Cl)c(C)c2)c1. The third-order valence-corrected chi connectivity index (χ3v) is 3.37. The van der Waals surface area contributed by atoms with Gasteiger partial charge < -0.3 is 4.74 Å². The van der Waals surface area contributed by atoms with Crippen LogP contribution in [-0.4, -0.2) is 18.7 Å². The Hall–Kier alpha value is -2.33. The van der Waals surface area contributed by atoms with Crippen LogP contribution in [-0.2, 0) is 4.79 Å². The van der Waals surface area contributed by atoms with Crippen LogP contribution in [0.15, 0.2) is 47.6 Å². The number of aryl methyl sites for hydroxylation is 2. The first-order chi connectivity index (χ1) is 10.5. The number of amides is 1. The molecule has 0 bridgehead atoms. The Labute approximate surface area is 134 Å². The maximum Gasteiger partial charge on any atom is 0.277 e. The monoisotopic (exact) mass is 316 g/mol. The maximum atomic E-state index is 11.6. The molecular weight excluding hydrogens is 300 g/mol. The van der Waals surface area contributed by atoms with Crippen LogP contribution in [0.25, 0.3) is 0 Å². The Morgan fingerprint density at radius 3 is 2.82 bits per heavy atom. The van der Waals surface area contributed by atoms with Gasteiger partial charge in [0.2, 0.25) is 0 Å². The van der Waals surface area contributed by atoms with E-state index >= 15 is 0 Å². The topological polar surface area (TPSA) is 50.7 Å². The zero-order chi connectivity index (χ0) is 15.9. The number of rotatable bonds is 5. The quantitative estimate of drug-likeness (QED) is 0.678. The summed E-state index contributed by atoms with van der Waals surface area (Å²) in [5, 5.41) is 4.57. The molecule has 0 saturated heterocycles. The predicted molar refractivity (Wildman–Crippen MR) is 88.6 cm³/mol. The van der Waals surface area contributed by atoms with Gasteiger partial charge in [0.25, 0.3) is 5.91 Å². The molecule has 0 fully saturated rings. The number of carbonyl (C=O) groups excluding carboxylic acids is 1. The number of nitrogens with one attached hydrogen (secondary N) is 1. The van der Waals surface area contributed by atoms with E-state index in [1.807, 2.05) is 38.1 Å². The molecule has 0 heterocycles. The minimum absolute atomic E-state index is 0.105. The van der Waals surface area contributed by atoms with Crippen LogP contribution in [0.2, 0.25) is 5.02 Å². The Bertz CT molecular complexity index is 699. The van der Waals surface area contributed by atoms with Crippen LogP contribution in [0.4, 0.5) is 0 Å². The van der Waals surface area contributed by atoms with Gasteiger partial charge in [-0.2, -0.15) is 5.10 Å². The van der Waals surface area contributed by atoms with E-state index in [1.54, 1.807) is 24.4 Å². The lowest BCUT2D eigenvalue weighted by atomic mass is 10.2. The van der Waals surface area contributed by atoms with Crippen molar-refractivity contribution in [2.24, 2.45) is 5.10 Å². The van der Waals surface area contributed by atoms with Crippen molar-refractivity contribution in [2.75, 3.05) is 6.61 Å². The molecule has 0 aliphatic rings. The first-order valence-electron chi connectivity index (χ1n) is 6.82. The van der Waals surface area contributed by atoms with Gasteiger partial charge in [0.1, 0.15) is 5.75 Å². The molecule has 2 aromatic carbocycles. The summed E-state index contributed by atoms with van der Waals surface area (Å²) in [5.74, 6) is 0.274. The minimum Gasteiger partial charge on any atom is -0.484 e. The molecule has 0 unspecified atom stereocenters. The zero-order valence-corrected chi connectivity index (χ0v) is 13.2. The Balaban J connectivity index is 1.81. The van der Waals surface area contributed by atoms with Gasteiger partial charge in [0.05, 0.1) is 6.21 Å². The second-order valence-corrected chi connectivity index (χ2v) is 5.31. The predicted octanol–water partition coefficient (Wildman–Crippen LogP) is 3.49. The number of hydrogen-bond donors (Lipinski definition) is 1. The minimum atomic E-state index is -0.323. The third-order valence-electron chi connectivity index (χ3n) is 2.94. The van der Waals surface area contributed by atoms with Crippen molar-refractivity contribution in [1.29, 1.82) is 0 Å². The molecule has 4 nitrogen and oxygen atoms in total. The second kappa shape index (κ2) is 7.61. The highest BCUT2D eigenvalue weighted by Gasteiger charge is 2.03. The highest BCUT2D eigenvalue weighted by Crippen LogP contribution is 2.20. The largest absolute Gasteiger partial charge is 0.484 e. The van der Waals surface area contributed by atoms with E-state index in [2.05, 4.69) is 10.5 Å². The van der Waals surface area contributed by atoms with Crippen LogP contribution in [0.1, 0.15) is 16.7 Å². The van der Waals surface area contributed by atoms with E-state index in [0.29, 0.717) is 10.8 Å². The molecule has 1 amide bonds. The summed E-state index contributed by atoms with van der Waals surface area (Å²) < 4.78 is 5.38.